The van der Waals surface area contributed by atoms with Gasteiger partial charge in [0.05, 0.1) is 0 Å². The molecule has 1 aromatic carbocycles. The van der Waals surface area contributed by atoms with Crippen molar-refractivity contribution >= 4 is 17.2 Å². The summed E-state index contributed by atoms with van der Waals surface area (Å²) in [6.45, 7) is 6.37. The molecule has 1 heterocycles. The molecule has 1 amide bonds. The van der Waals surface area contributed by atoms with Crippen molar-refractivity contribution < 1.29 is 4.79 Å². The molecule has 21 heavy (non-hydrogen) atoms. The highest BCUT2D eigenvalue weighted by Gasteiger charge is 2.25. The number of nitrogens with one attached hydrogen (secondary N) is 2. The standard InChI is InChI=1S/C17H23N3O/c1-10-8-14-13(17(18)21)5-6-15(16(14)11(10)2)20-12-4-3-7-19-9-12/h5-6,12,19-20H,3-4,7-9H2,1-2H3,(H2,18,21). The van der Waals surface area contributed by atoms with Gasteiger partial charge in [0.1, 0.15) is 0 Å². The first kappa shape index (κ1) is 14.1. The van der Waals surface area contributed by atoms with Gasteiger partial charge in [-0.1, -0.05) is 5.57 Å². The molecule has 2 aliphatic rings. The number of rotatable bonds is 3. The molecule has 112 valence electrons. The van der Waals surface area contributed by atoms with Crippen LogP contribution >= 0.6 is 0 Å². The Hall–Kier alpha value is -1.81. The first-order chi connectivity index (χ1) is 10.1. The van der Waals surface area contributed by atoms with Crippen molar-refractivity contribution in [3.63, 3.8) is 0 Å². The van der Waals surface area contributed by atoms with Gasteiger partial charge in [0.25, 0.3) is 0 Å². The van der Waals surface area contributed by atoms with Gasteiger partial charge >= 0.3 is 0 Å². The number of benzene rings is 1. The number of amides is 1. The van der Waals surface area contributed by atoms with E-state index < -0.39 is 0 Å². The van der Waals surface area contributed by atoms with E-state index in [4.69, 9.17) is 5.73 Å². The van der Waals surface area contributed by atoms with Crippen LogP contribution in [0.2, 0.25) is 0 Å². The fourth-order valence-corrected chi connectivity index (χ4v) is 3.42. The first-order valence-electron chi connectivity index (χ1n) is 7.67. The second kappa shape index (κ2) is 5.53. The molecule has 1 unspecified atom stereocenters. The van der Waals surface area contributed by atoms with Gasteiger partial charge in [-0.05, 0) is 62.9 Å². The van der Waals surface area contributed by atoms with Gasteiger partial charge in [-0.15, -0.1) is 0 Å². The van der Waals surface area contributed by atoms with Crippen molar-refractivity contribution in [1.82, 2.24) is 5.32 Å². The van der Waals surface area contributed by atoms with E-state index >= 15 is 0 Å². The lowest BCUT2D eigenvalue weighted by atomic mass is 9.97. The number of carbonyl (C=O) groups is 1. The summed E-state index contributed by atoms with van der Waals surface area (Å²) in [7, 11) is 0. The number of fused-ring (bicyclic) bond motifs is 1. The summed E-state index contributed by atoms with van der Waals surface area (Å²) in [6.07, 6.45) is 3.21. The Morgan fingerprint density at radius 2 is 2.19 bits per heavy atom. The maximum atomic E-state index is 11.6. The molecule has 1 aliphatic heterocycles. The van der Waals surface area contributed by atoms with Crippen LogP contribution in [0.1, 0.15) is 48.2 Å². The second-order valence-electron chi connectivity index (χ2n) is 6.15. The van der Waals surface area contributed by atoms with Crippen molar-refractivity contribution in [3.8, 4) is 0 Å². The highest BCUT2D eigenvalue weighted by molar-refractivity contribution is 5.99. The predicted octanol–water partition coefficient (Wildman–Crippen LogP) is 2.30. The molecule has 1 aromatic rings. The minimum absolute atomic E-state index is 0.334. The van der Waals surface area contributed by atoms with Crippen LogP contribution in [0.3, 0.4) is 0 Å². The lowest BCUT2D eigenvalue weighted by Crippen LogP contribution is -2.38. The van der Waals surface area contributed by atoms with Crippen LogP contribution in [0.25, 0.3) is 5.57 Å². The van der Waals surface area contributed by atoms with E-state index in [9.17, 15) is 4.79 Å². The zero-order valence-electron chi connectivity index (χ0n) is 12.8. The fraction of sp³-hybridized carbons (Fsp3) is 0.471. The number of allylic oxidation sites excluding steroid dienone is 2. The molecule has 1 aliphatic carbocycles. The maximum absolute atomic E-state index is 11.6. The molecular formula is C17H23N3O. The average molecular weight is 285 g/mol. The monoisotopic (exact) mass is 285 g/mol. The van der Waals surface area contributed by atoms with Crippen molar-refractivity contribution in [2.45, 2.75) is 39.2 Å². The van der Waals surface area contributed by atoms with E-state index in [1.807, 2.05) is 12.1 Å². The minimum atomic E-state index is -0.334. The maximum Gasteiger partial charge on any atom is 0.249 e. The molecule has 3 rings (SSSR count). The summed E-state index contributed by atoms with van der Waals surface area (Å²) in [4.78, 5) is 11.6. The Morgan fingerprint density at radius 1 is 1.38 bits per heavy atom. The van der Waals surface area contributed by atoms with Gasteiger partial charge in [0.15, 0.2) is 0 Å². The Balaban J connectivity index is 1.98. The summed E-state index contributed by atoms with van der Waals surface area (Å²) >= 11 is 0. The molecule has 4 nitrogen and oxygen atoms in total. The molecule has 1 atom stereocenters. The molecule has 1 fully saturated rings. The molecule has 0 spiro atoms. The van der Waals surface area contributed by atoms with Gasteiger partial charge in [-0.2, -0.15) is 0 Å². The molecule has 0 aromatic heterocycles. The van der Waals surface area contributed by atoms with Crippen molar-refractivity contribution in [2.75, 3.05) is 18.4 Å². The lowest BCUT2D eigenvalue weighted by molar-refractivity contribution is 0.0999. The molecule has 1 saturated heterocycles. The second-order valence-corrected chi connectivity index (χ2v) is 6.15. The van der Waals surface area contributed by atoms with Crippen molar-refractivity contribution in [3.05, 3.63) is 34.4 Å². The zero-order valence-corrected chi connectivity index (χ0v) is 12.8. The van der Waals surface area contributed by atoms with Crippen LogP contribution in [-0.4, -0.2) is 25.0 Å². The van der Waals surface area contributed by atoms with Gasteiger partial charge in [-0.3, -0.25) is 4.79 Å². The zero-order chi connectivity index (χ0) is 15.0. The summed E-state index contributed by atoms with van der Waals surface area (Å²) in [5.41, 5.74) is 12.2. The van der Waals surface area contributed by atoms with Crippen molar-refractivity contribution in [2.24, 2.45) is 5.73 Å². The number of anilines is 1. The van der Waals surface area contributed by atoms with E-state index in [0.29, 0.717) is 11.6 Å². The van der Waals surface area contributed by atoms with Gasteiger partial charge < -0.3 is 16.4 Å². The number of nitrogens with two attached hydrogens (primary N) is 1. The normalized spacial score (nSPS) is 21.3. The SMILES string of the molecule is CC1=C(C)c2c(NC3CCCNC3)ccc(C(N)=O)c2C1. The Labute approximate surface area is 125 Å². The molecule has 4 N–H and O–H groups in total. The van der Waals surface area contributed by atoms with E-state index in [1.165, 1.54) is 29.6 Å². The Bertz CT molecular complexity index is 613. The minimum Gasteiger partial charge on any atom is -0.381 e. The highest BCUT2D eigenvalue weighted by Crippen LogP contribution is 2.39. The largest absolute Gasteiger partial charge is 0.381 e. The van der Waals surface area contributed by atoms with Crippen molar-refractivity contribution in [1.29, 1.82) is 0 Å². The third-order valence-corrected chi connectivity index (χ3v) is 4.69. The van der Waals surface area contributed by atoms with Crippen LogP contribution in [-0.2, 0) is 6.42 Å². The number of hydrogen-bond donors (Lipinski definition) is 3. The highest BCUT2D eigenvalue weighted by atomic mass is 16.1. The number of carbonyl (C=O) groups excluding carboxylic acids is 1. The van der Waals surface area contributed by atoms with Gasteiger partial charge in [0.2, 0.25) is 5.91 Å². The topological polar surface area (TPSA) is 67.2 Å². The van der Waals surface area contributed by atoms with Crippen LogP contribution in [0.4, 0.5) is 5.69 Å². The molecule has 0 radical (unpaired) electrons. The number of hydrogen-bond acceptors (Lipinski definition) is 3. The van der Waals surface area contributed by atoms with E-state index in [0.717, 1.165) is 30.8 Å². The Kier molecular flexibility index (Phi) is 3.72. The molecule has 0 bridgehead atoms. The van der Waals surface area contributed by atoms with Crippen LogP contribution in [0.5, 0.6) is 0 Å². The fourth-order valence-electron chi connectivity index (χ4n) is 3.42. The van der Waals surface area contributed by atoms with Gasteiger partial charge in [-0.25, -0.2) is 0 Å². The van der Waals surface area contributed by atoms with Crippen LogP contribution in [0, 0.1) is 0 Å². The summed E-state index contributed by atoms with van der Waals surface area (Å²) in [5, 5.41) is 7.07. The Morgan fingerprint density at radius 3 is 2.86 bits per heavy atom. The van der Waals surface area contributed by atoms with Crippen LogP contribution < -0.4 is 16.4 Å². The number of primary amides is 1. The van der Waals surface area contributed by atoms with E-state index in [2.05, 4.69) is 24.5 Å². The summed E-state index contributed by atoms with van der Waals surface area (Å²) in [6, 6.07) is 4.33. The smallest absolute Gasteiger partial charge is 0.249 e. The van der Waals surface area contributed by atoms with Crippen LogP contribution in [0.15, 0.2) is 17.7 Å². The third kappa shape index (κ3) is 2.56. The number of piperidine rings is 1. The average Bonchev–Trinajstić information content (AvgIpc) is 2.76. The quantitative estimate of drug-likeness (QED) is 0.798. The summed E-state index contributed by atoms with van der Waals surface area (Å²) < 4.78 is 0. The first-order valence-corrected chi connectivity index (χ1v) is 7.67. The molecule has 4 heteroatoms. The van der Waals surface area contributed by atoms with E-state index in [-0.39, 0.29) is 5.91 Å². The van der Waals surface area contributed by atoms with Gasteiger partial charge in [0, 0.05) is 29.4 Å². The summed E-state index contributed by atoms with van der Waals surface area (Å²) in [5.74, 6) is -0.334. The third-order valence-electron chi connectivity index (χ3n) is 4.69. The molecular weight excluding hydrogens is 262 g/mol. The molecule has 0 saturated carbocycles. The predicted molar refractivity (Wildman–Crippen MR) is 86.4 cm³/mol. The van der Waals surface area contributed by atoms with E-state index in [1.54, 1.807) is 0 Å². The lowest BCUT2D eigenvalue weighted by Gasteiger charge is -2.26.